The van der Waals surface area contributed by atoms with Gasteiger partial charge in [0, 0.05) is 5.56 Å². The fourth-order valence-electron chi connectivity index (χ4n) is 2.48. The van der Waals surface area contributed by atoms with E-state index >= 15 is 0 Å². The summed E-state index contributed by atoms with van der Waals surface area (Å²) in [5, 5.41) is 1.07. The van der Waals surface area contributed by atoms with Gasteiger partial charge in [0.1, 0.15) is 0 Å². The van der Waals surface area contributed by atoms with E-state index in [-0.39, 0.29) is 6.10 Å². The first kappa shape index (κ1) is 13.9. The maximum absolute atomic E-state index is 6.35. The van der Waals surface area contributed by atoms with Crippen molar-refractivity contribution in [3.8, 4) is 0 Å². The predicted octanol–water partition coefficient (Wildman–Crippen LogP) is 4.63. The molecular weight excluding hydrogens is 295 g/mol. The lowest BCUT2D eigenvalue weighted by Gasteiger charge is -2.30. The lowest BCUT2D eigenvalue weighted by Crippen LogP contribution is -2.30. The summed E-state index contributed by atoms with van der Waals surface area (Å²) < 4.78 is 12.1. The summed E-state index contributed by atoms with van der Waals surface area (Å²) >= 11 is 12.7. The summed E-state index contributed by atoms with van der Waals surface area (Å²) in [6.07, 6.45) is -0.0254. The van der Waals surface area contributed by atoms with Crippen LogP contribution in [0.25, 0.3) is 0 Å². The predicted molar refractivity (Wildman–Crippen MR) is 80.2 cm³/mol. The molecule has 2 aromatic carbocycles. The maximum Gasteiger partial charge on any atom is 0.225 e. The van der Waals surface area contributed by atoms with Crippen molar-refractivity contribution >= 4 is 23.2 Å². The largest absolute Gasteiger partial charge is 0.339 e. The van der Waals surface area contributed by atoms with Gasteiger partial charge in [-0.2, -0.15) is 0 Å². The minimum absolute atomic E-state index is 0.0254. The summed E-state index contributed by atoms with van der Waals surface area (Å²) in [5.74, 6) is -1.03. The van der Waals surface area contributed by atoms with Gasteiger partial charge < -0.3 is 9.47 Å². The van der Waals surface area contributed by atoms with Gasteiger partial charge in [0.25, 0.3) is 0 Å². The third-order valence-corrected chi connectivity index (χ3v) is 3.96. The highest BCUT2D eigenvalue weighted by Gasteiger charge is 2.46. The molecule has 1 saturated heterocycles. The van der Waals surface area contributed by atoms with Crippen molar-refractivity contribution in [1.82, 2.24) is 0 Å². The molecule has 104 valence electrons. The number of benzene rings is 2. The second-order valence-electron chi connectivity index (χ2n) is 4.82. The molecule has 4 heteroatoms. The molecule has 0 N–H and O–H groups in total. The molecule has 1 aliphatic rings. The molecule has 0 aliphatic carbocycles. The van der Waals surface area contributed by atoms with Crippen molar-refractivity contribution in [1.29, 1.82) is 0 Å². The molecule has 20 heavy (non-hydrogen) atoms. The molecule has 0 amide bonds. The van der Waals surface area contributed by atoms with Crippen LogP contribution in [0.5, 0.6) is 0 Å². The molecule has 2 nitrogen and oxygen atoms in total. The normalized spacial score (nSPS) is 25.9. The lowest BCUT2D eigenvalue weighted by molar-refractivity contribution is -0.140. The number of ether oxygens (including phenoxy) is 2. The Balaban J connectivity index is 2.22. The summed E-state index contributed by atoms with van der Waals surface area (Å²) in [6, 6.07) is 15.1. The van der Waals surface area contributed by atoms with Crippen LogP contribution in [0.15, 0.2) is 48.5 Å². The van der Waals surface area contributed by atoms with Gasteiger partial charge in [0.15, 0.2) is 0 Å². The van der Waals surface area contributed by atoms with Gasteiger partial charge in [-0.05, 0) is 19.1 Å². The Labute approximate surface area is 128 Å². The van der Waals surface area contributed by atoms with E-state index in [2.05, 4.69) is 0 Å². The van der Waals surface area contributed by atoms with Gasteiger partial charge in [-0.3, -0.25) is 0 Å². The third kappa shape index (κ3) is 2.23. The van der Waals surface area contributed by atoms with Gasteiger partial charge in [-0.25, -0.2) is 0 Å². The second kappa shape index (κ2) is 5.38. The Hall–Kier alpha value is -1.06. The van der Waals surface area contributed by atoms with Crippen molar-refractivity contribution in [3.05, 3.63) is 69.7 Å². The zero-order chi connectivity index (χ0) is 14.2. The fraction of sp³-hybridized carbons (Fsp3) is 0.250. The molecule has 0 saturated carbocycles. The van der Waals surface area contributed by atoms with E-state index in [1.165, 1.54) is 0 Å². The lowest BCUT2D eigenvalue weighted by atomic mass is 9.97. The maximum atomic E-state index is 6.35. The van der Waals surface area contributed by atoms with Crippen LogP contribution in [0.2, 0.25) is 10.0 Å². The molecule has 1 fully saturated rings. The quantitative estimate of drug-likeness (QED) is 0.805. The van der Waals surface area contributed by atoms with Crippen LogP contribution >= 0.6 is 23.2 Å². The van der Waals surface area contributed by atoms with Crippen LogP contribution in [0, 0.1) is 0 Å². The molecule has 0 bridgehead atoms. The number of hydrogen-bond donors (Lipinski definition) is 0. The Morgan fingerprint density at radius 1 is 1.00 bits per heavy atom. The molecule has 2 atom stereocenters. The molecule has 0 aromatic heterocycles. The molecule has 3 rings (SSSR count). The van der Waals surface area contributed by atoms with Crippen LogP contribution in [-0.4, -0.2) is 12.7 Å². The van der Waals surface area contributed by atoms with Crippen LogP contribution in [0.4, 0.5) is 0 Å². The van der Waals surface area contributed by atoms with Crippen LogP contribution in [-0.2, 0) is 15.3 Å². The highest BCUT2D eigenvalue weighted by Crippen LogP contribution is 2.46. The van der Waals surface area contributed by atoms with Crippen molar-refractivity contribution in [2.75, 3.05) is 6.61 Å². The Bertz CT molecular complexity index is 595. The molecular formula is C16H14Cl2O2. The van der Waals surface area contributed by atoms with E-state index in [9.17, 15) is 0 Å². The smallest absolute Gasteiger partial charge is 0.225 e. The van der Waals surface area contributed by atoms with Crippen molar-refractivity contribution in [2.24, 2.45) is 0 Å². The molecule has 1 heterocycles. The monoisotopic (exact) mass is 308 g/mol. The van der Waals surface area contributed by atoms with Crippen molar-refractivity contribution < 1.29 is 9.47 Å². The second-order valence-corrected chi connectivity index (χ2v) is 5.63. The van der Waals surface area contributed by atoms with Crippen LogP contribution in [0.3, 0.4) is 0 Å². The summed E-state index contributed by atoms with van der Waals surface area (Å²) in [7, 11) is 0. The van der Waals surface area contributed by atoms with E-state index in [0.717, 1.165) is 5.56 Å². The first-order valence-corrected chi connectivity index (χ1v) is 7.21. The van der Waals surface area contributed by atoms with Gasteiger partial charge in [-0.15, -0.1) is 0 Å². The van der Waals surface area contributed by atoms with Crippen molar-refractivity contribution in [3.63, 3.8) is 0 Å². The molecule has 0 radical (unpaired) electrons. The standard InChI is InChI=1S/C16H14Cl2O2/c1-11-10-19-16(20-11,12-6-3-2-4-7-12)15-13(17)8-5-9-14(15)18/h2-9,11H,10H2,1H3/t11-,16?/m0/s1. The van der Waals surface area contributed by atoms with E-state index in [0.29, 0.717) is 22.2 Å². The van der Waals surface area contributed by atoms with Gasteiger partial charge >= 0.3 is 0 Å². The minimum Gasteiger partial charge on any atom is -0.339 e. The molecule has 1 aliphatic heterocycles. The first-order chi connectivity index (χ1) is 9.63. The molecule has 1 unspecified atom stereocenters. The Kier molecular flexibility index (Phi) is 3.74. The van der Waals surface area contributed by atoms with Gasteiger partial charge in [0.05, 0.1) is 28.3 Å². The zero-order valence-electron chi connectivity index (χ0n) is 11.0. The highest BCUT2D eigenvalue weighted by atomic mass is 35.5. The SMILES string of the molecule is C[C@H]1COC(c2ccccc2)(c2c(Cl)cccc2Cl)O1. The summed E-state index contributed by atoms with van der Waals surface area (Å²) in [4.78, 5) is 0. The Morgan fingerprint density at radius 2 is 1.65 bits per heavy atom. The average Bonchev–Trinajstić information content (AvgIpc) is 2.83. The van der Waals surface area contributed by atoms with Crippen LogP contribution < -0.4 is 0 Å². The van der Waals surface area contributed by atoms with Gasteiger partial charge in [0.2, 0.25) is 5.79 Å². The van der Waals surface area contributed by atoms with Gasteiger partial charge in [-0.1, -0.05) is 59.6 Å². The minimum atomic E-state index is -1.03. The average molecular weight is 309 g/mol. The highest BCUT2D eigenvalue weighted by molar-refractivity contribution is 6.36. The number of hydrogen-bond acceptors (Lipinski definition) is 2. The summed E-state index contributed by atoms with van der Waals surface area (Å²) in [5.41, 5.74) is 1.55. The third-order valence-electron chi connectivity index (χ3n) is 3.33. The Morgan fingerprint density at radius 3 is 2.20 bits per heavy atom. The topological polar surface area (TPSA) is 18.5 Å². The fourth-order valence-corrected chi connectivity index (χ4v) is 3.13. The summed E-state index contributed by atoms with van der Waals surface area (Å²) in [6.45, 7) is 2.46. The zero-order valence-corrected chi connectivity index (χ0v) is 12.5. The van der Waals surface area contributed by atoms with Crippen LogP contribution in [0.1, 0.15) is 18.1 Å². The number of rotatable bonds is 2. The van der Waals surface area contributed by atoms with Crippen molar-refractivity contribution in [2.45, 2.75) is 18.8 Å². The van der Waals surface area contributed by atoms with E-state index in [1.807, 2.05) is 43.3 Å². The molecule has 2 aromatic rings. The number of halogens is 2. The molecule has 0 spiro atoms. The van der Waals surface area contributed by atoms with E-state index in [4.69, 9.17) is 32.7 Å². The first-order valence-electron chi connectivity index (χ1n) is 6.45. The van der Waals surface area contributed by atoms with E-state index in [1.54, 1.807) is 12.1 Å². The van der Waals surface area contributed by atoms with E-state index < -0.39 is 5.79 Å².